The Morgan fingerprint density at radius 3 is 2.46 bits per heavy atom. The number of fused-ring (bicyclic) bond motifs is 2. The quantitative estimate of drug-likeness (QED) is 0.730. The topological polar surface area (TPSA) is 52.8 Å². The zero-order valence-corrected chi connectivity index (χ0v) is 16.5. The number of ether oxygens (including phenoxy) is 2. The lowest BCUT2D eigenvalue weighted by atomic mass is 9.49. The largest absolute Gasteiger partial charge is 0.454 e. The summed E-state index contributed by atoms with van der Waals surface area (Å²) in [6, 6.07) is 3.91. The van der Waals surface area contributed by atoms with Crippen LogP contribution in [0.5, 0.6) is 11.5 Å². The Hall–Kier alpha value is -2.26. The first-order chi connectivity index (χ1) is 13.6. The van der Waals surface area contributed by atoms with E-state index in [1.807, 2.05) is 16.7 Å². The summed E-state index contributed by atoms with van der Waals surface area (Å²) in [5.41, 5.74) is 0.719. The van der Waals surface area contributed by atoms with Crippen LogP contribution in [0.4, 0.5) is 0 Å². The third-order valence-electron chi connectivity index (χ3n) is 7.12. The standard InChI is InChI=1S/C22H22N2O3S/c1-2-3-24-16-7-17-18(27-12-26-17)8-19(16)28-21(24)23-20(25)22-9-13-4-14(10-22)6-15(5-13)11-22/h1,7-8,13-15H,3-6,9-12H2. The van der Waals surface area contributed by atoms with E-state index in [4.69, 9.17) is 15.9 Å². The van der Waals surface area contributed by atoms with E-state index < -0.39 is 0 Å². The smallest absolute Gasteiger partial charge is 0.254 e. The lowest BCUT2D eigenvalue weighted by Gasteiger charge is -2.55. The van der Waals surface area contributed by atoms with E-state index in [1.54, 1.807) is 0 Å². The van der Waals surface area contributed by atoms with Crippen LogP contribution in [-0.4, -0.2) is 17.3 Å². The van der Waals surface area contributed by atoms with Gasteiger partial charge in [-0.3, -0.25) is 4.79 Å². The van der Waals surface area contributed by atoms with Gasteiger partial charge in [0.1, 0.15) is 0 Å². The Kier molecular flexibility index (Phi) is 3.49. The molecule has 1 aromatic carbocycles. The van der Waals surface area contributed by atoms with Crippen LogP contribution >= 0.6 is 11.3 Å². The second-order valence-corrected chi connectivity index (χ2v) is 9.97. The summed E-state index contributed by atoms with van der Waals surface area (Å²) in [7, 11) is 0. The number of aromatic nitrogens is 1. The van der Waals surface area contributed by atoms with Crippen LogP contribution in [0.2, 0.25) is 0 Å². The highest BCUT2D eigenvalue weighted by Crippen LogP contribution is 2.60. The van der Waals surface area contributed by atoms with E-state index in [2.05, 4.69) is 10.9 Å². The molecular weight excluding hydrogens is 372 g/mol. The summed E-state index contributed by atoms with van der Waals surface area (Å²) < 4.78 is 14.0. The molecule has 1 aliphatic heterocycles. The molecule has 4 bridgehead atoms. The molecule has 4 aliphatic carbocycles. The lowest BCUT2D eigenvalue weighted by Crippen LogP contribution is -2.49. The molecule has 6 heteroatoms. The first kappa shape index (κ1) is 16.7. The molecule has 0 saturated heterocycles. The van der Waals surface area contributed by atoms with Crippen molar-refractivity contribution in [3.05, 3.63) is 16.9 Å². The van der Waals surface area contributed by atoms with Crippen molar-refractivity contribution in [1.82, 2.24) is 4.57 Å². The van der Waals surface area contributed by atoms with E-state index in [9.17, 15) is 4.79 Å². The second kappa shape index (κ2) is 5.87. The minimum Gasteiger partial charge on any atom is -0.454 e. The molecule has 1 amide bonds. The van der Waals surface area contributed by atoms with Gasteiger partial charge in [0, 0.05) is 12.1 Å². The number of benzene rings is 1. The van der Waals surface area contributed by atoms with Crippen molar-refractivity contribution in [1.29, 1.82) is 0 Å². The fourth-order valence-corrected chi connectivity index (χ4v) is 7.41. The molecule has 7 rings (SSSR count). The van der Waals surface area contributed by atoms with Gasteiger partial charge in [0.15, 0.2) is 16.3 Å². The molecule has 5 nitrogen and oxygen atoms in total. The summed E-state index contributed by atoms with van der Waals surface area (Å²) in [4.78, 5) is 18.8. The third-order valence-corrected chi connectivity index (χ3v) is 8.16. The Labute approximate surface area is 167 Å². The van der Waals surface area contributed by atoms with E-state index in [0.717, 1.165) is 58.7 Å². The van der Waals surface area contributed by atoms with Crippen molar-refractivity contribution < 1.29 is 14.3 Å². The molecule has 4 saturated carbocycles. The fourth-order valence-electron chi connectivity index (χ4n) is 6.37. The molecule has 1 aromatic heterocycles. The Morgan fingerprint density at radius 2 is 1.82 bits per heavy atom. The zero-order chi connectivity index (χ0) is 18.9. The molecule has 0 spiro atoms. The summed E-state index contributed by atoms with van der Waals surface area (Å²) in [5.74, 6) is 6.41. The van der Waals surface area contributed by atoms with Crippen LogP contribution in [-0.2, 0) is 11.3 Å². The van der Waals surface area contributed by atoms with Gasteiger partial charge in [0.05, 0.1) is 22.2 Å². The van der Waals surface area contributed by atoms with Gasteiger partial charge in [-0.05, 0) is 56.3 Å². The molecule has 4 fully saturated rings. The summed E-state index contributed by atoms with van der Waals surface area (Å²) in [5, 5.41) is 0. The first-order valence-corrected chi connectivity index (χ1v) is 10.9. The average molecular weight is 394 g/mol. The average Bonchev–Trinajstić information content (AvgIpc) is 3.23. The Morgan fingerprint density at radius 1 is 1.18 bits per heavy atom. The number of hydrogen-bond acceptors (Lipinski definition) is 4. The first-order valence-electron chi connectivity index (χ1n) is 10.1. The van der Waals surface area contributed by atoms with Crippen molar-refractivity contribution in [3.63, 3.8) is 0 Å². The van der Waals surface area contributed by atoms with Crippen LogP contribution in [0.15, 0.2) is 17.1 Å². The highest BCUT2D eigenvalue weighted by atomic mass is 32.1. The van der Waals surface area contributed by atoms with Gasteiger partial charge in [-0.25, -0.2) is 0 Å². The van der Waals surface area contributed by atoms with Crippen molar-refractivity contribution in [2.75, 3.05) is 6.79 Å². The van der Waals surface area contributed by atoms with Crippen LogP contribution in [0.25, 0.3) is 10.2 Å². The zero-order valence-electron chi connectivity index (χ0n) is 15.6. The molecule has 144 valence electrons. The predicted molar refractivity (Wildman–Crippen MR) is 106 cm³/mol. The summed E-state index contributed by atoms with van der Waals surface area (Å²) >= 11 is 1.51. The minimum atomic E-state index is -0.229. The number of thiazole rings is 1. The van der Waals surface area contributed by atoms with Gasteiger partial charge in [-0.1, -0.05) is 17.3 Å². The van der Waals surface area contributed by atoms with Gasteiger partial charge < -0.3 is 14.0 Å². The molecule has 5 aliphatic rings. The molecule has 2 heterocycles. The number of nitrogens with zero attached hydrogens (tertiary/aromatic N) is 2. The van der Waals surface area contributed by atoms with E-state index in [-0.39, 0.29) is 18.1 Å². The fraction of sp³-hybridized carbons (Fsp3) is 0.545. The second-order valence-electron chi connectivity index (χ2n) is 8.96. The predicted octanol–water partition coefficient (Wildman–Crippen LogP) is 3.71. The molecular formula is C22H22N2O3S. The van der Waals surface area contributed by atoms with Gasteiger partial charge in [0.25, 0.3) is 5.91 Å². The Balaban J connectivity index is 1.45. The lowest BCUT2D eigenvalue weighted by molar-refractivity contribution is -0.142. The number of rotatable bonds is 2. The number of carbonyl (C=O) groups excluding carboxylic acids is 1. The molecule has 0 atom stereocenters. The number of amides is 1. The minimum absolute atomic E-state index is 0.0731. The number of carbonyl (C=O) groups is 1. The maximum atomic E-state index is 13.4. The van der Waals surface area contributed by atoms with Crippen molar-refractivity contribution >= 4 is 27.5 Å². The van der Waals surface area contributed by atoms with Crippen LogP contribution in [0.1, 0.15) is 38.5 Å². The molecule has 0 unspecified atom stereocenters. The molecule has 0 N–H and O–H groups in total. The van der Waals surface area contributed by atoms with Crippen molar-refractivity contribution in [2.24, 2.45) is 28.2 Å². The van der Waals surface area contributed by atoms with Crippen LogP contribution in [0.3, 0.4) is 0 Å². The highest BCUT2D eigenvalue weighted by Gasteiger charge is 2.54. The summed E-state index contributed by atoms with van der Waals surface area (Å²) in [6.45, 7) is 0.621. The van der Waals surface area contributed by atoms with Crippen LogP contribution < -0.4 is 14.3 Å². The van der Waals surface area contributed by atoms with Crippen molar-refractivity contribution in [3.8, 4) is 23.8 Å². The maximum absolute atomic E-state index is 13.4. The molecule has 2 aromatic rings. The van der Waals surface area contributed by atoms with E-state index in [1.165, 1.54) is 30.6 Å². The SMILES string of the molecule is C#CCn1c(=NC(=O)C23CC4CC(CC(C4)C2)C3)sc2cc3c(cc21)OCO3. The summed E-state index contributed by atoms with van der Waals surface area (Å²) in [6.07, 6.45) is 12.6. The highest BCUT2D eigenvalue weighted by molar-refractivity contribution is 7.16. The Bertz CT molecular complexity index is 1070. The van der Waals surface area contributed by atoms with E-state index in [0.29, 0.717) is 11.3 Å². The molecule has 0 radical (unpaired) electrons. The van der Waals surface area contributed by atoms with Gasteiger partial charge >= 0.3 is 0 Å². The monoisotopic (exact) mass is 394 g/mol. The third kappa shape index (κ3) is 2.39. The van der Waals surface area contributed by atoms with Crippen molar-refractivity contribution in [2.45, 2.75) is 45.1 Å². The maximum Gasteiger partial charge on any atom is 0.254 e. The molecule has 28 heavy (non-hydrogen) atoms. The van der Waals surface area contributed by atoms with Gasteiger partial charge in [-0.2, -0.15) is 4.99 Å². The normalized spacial score (nSPS) is 32.8. The number of terminal acetylenes is 1. The number of hydrogen-bond donors (Lipinski definition) is 0. The van der Waals surface area contributed by atoms with Gasteiger partial charge in [0.2, 0.25) is 6.79 Å². The van der Waals surface area contributed by atoms with Crippen LogP contribution in [0, 0.1) is 35.5 Å². The van der Waals surface area contributed by atoms with Gasteiger partial charge in [-0.15, -0.1) is 6.42 Å². The van der Waals surface area contributed by atoms with E-state index >= 15 is 0 Å².